The second-order valence-corrected chi connectivity index (χ2v) is 6.35. The van der Waals surface area contributed by atoms with Gasteiger partial charge in [0.15, 0.2) is 0 Å². The zero-order valence-corrected chi connectivity index (χ0v) is 12.3. The number of hydrogen-bond acceptors (Lipinski definition) is 3. The molecule has 0 heterocycles. The lowest BCUT2D eigenvalue weighted by Gasteiger charge is -2.29. The van der Waals surface area contributed by atoms with Crippen LogP contribution < -0.4 is 11.1 Å². The van der Waals surface area contributed by atoms with Gasteiger partial charge in [-0.3, -0.25) is 4.79 Å². The lowest BCUT2D eigenvalue weighted by Crippen LogP contribution is -2.51. The molecule has 102 valence electrons. The molecule has 0 aromatic carbocycles. The molecule has 1 unspecified atom stereocenters. The number of carbonyl (C=O) groups is 1. The molecule has 0 aliphatic heterocycles. The number of rotatable bonds is 7. The molecule has 0 bridgehead atoms. The maximum absolute atomic E-state index is 11.3. The van der Waals surface area contributed by atoms with Gasteiger partial charge in [0.1, 0.15) is 0 Å². The van der Waals surface area contributed by atoms with Gasteiger partial charge in [0.25, 0.3) is 0 Å². The van der Waals surface area contributed by atoms with Crippen LogP contribution in [0.5, 0.6) is 0 Å². The highest BCUT2D eigenvalue weighted by Crippen LogP contribution is 2.16. The molecular formula is C13H29N3O. The molecule has 0 radical (unpaired) electrons. The first-order valence-electron chi connectivity index (χ1n) is 6.28. The summed E-state index contributed by atoms with van der Waals surface area (Å²) in [5, 5.41) is 3.01. The number of hydrogen-bond donors (Lipinski definition) is 2. The number of amides is 1. The van der Waals surface area contributed by atoms with E-state index in [1.54, 1.807) is 7.05 Å². The number of nitrogens with one attached hydrogen (secondary N) is 1. The monoisotopic (exact) mass is 243 g/mol. The lowest BCUT2D eigenvalue weighted by atomic mass is 9.94. The van der Waals surface area contributed by atoms with Crippen molar-refractivity contribution in [2.45, 2.75) is 46.1 Å². The van der Waals surface area contributed by atoms with E-state index in [2.05, 4.69) is 38.0 Å². The zero-order chi connectivity index (χ0) is 13.7. The third-order valence-electron chi connectivity index (χ3n) is 3.06. The number of primary amides is 1. The molecule has 0 spiro atoms. The Morgan fingerprint density at radius 3 is 2.18 bits per heavy atom. The summed E-state index contributed by atoms with van der Waals surface area (Å²) >= 11 is 0. The van der Waals surface area contributed by atoms with Crippen LogP contribution in [-0.2, 0) is 4.79 Å². The summed E-state index contributed by atoms with van der Waals surface area (Å²) in [7, 11) is 3.90. The van der Waals surface area contributed by atoms with Crippen molar-refractivity contribution in [2.75, 3.05) is 27.2 Å². The second kappa shape index (κ2) is 6.36. The first kappa shape index (κ1) is 16.4. The Morgan fingerprint density at radius 2 is 1.82 bits per heavy atom. The van der Waals surface area contributed by atoms with Gasteiger partial charge in [-0.15, -0.1) is 0 Å². The van der Waals surface area contributed by atoms with Crippen LogP contribution in [0.2, 0.25) is 0 Å². The molecule has 0 saturated carbocycles. The summed E-state index contributed by atoms with van der Waals surface area (Å²) in [6.45, 7) is 10.6. The molecule has 0 saturated heterocycles. The fourth-order valence-electron chi connectivity index (χ4n) is 1.96. The number of carbonyl (C=O) groups excluding carboxylic acids is 1. The Morgan fingerprint density at radius 1 is 1.29 bits per heavy atom. The van der Waals surface area contributed by atoms with E-state index in [1.807, 2.05) is 6.92 Å². The summed E-state index contributed by atoms with van der Waals surface area (Å²) in [5.41, 5.74) is 5.11. The van der Waals surface area contributed by atoms with Gasteiger partial charge in [0, 0.05) is 6.54 Å². The number of nitrogens with zero attached hydrogens (tertiary/aromatic N) is 1. The van der Waals surface area contributed by atoms with E-state index in [1.165, 1.54) is 0 Å². The van der Waals surface area contributed by atoms with Crippen molar-refractivity contribution in [1.29, 1.82) is 0 Å². The van der Waals surface area contributed by atoms with Crippen LogP contribution in [0.15, 0.2) is 0 Å². The number of nitrogens with two attached hydrogens (primary N) is 1. The minimum atomic E-state index is -0.581. The van der Waals surface area contributed by atoms with Crippen LogP contribution >= 0.6 is 0 Å². The van der Waals surface area contributed by atoms with Crippen LogP contribution in [-0.4, -0.2) is 43.5 Å². The van der Waals surface area contributed by atoms with Gasteiger partial charge >= 0.3 is 0 Å². The molecule has 0 fully saturated rings. The molecule has 4 heteroatoms. The van der Waals surface area contributed by atoms with Gasteiger partial charge in [0.05, 0.1) is 5.54 Å². The molecule has 4 nitrogen and oxygen atoms in total. The Hall–Kier alpha value is -0.610. The first-order valence-corrected chi connectivity index (χ1v) is 6.28. The molecule has 17 heavy (non-hydrogen) atoms. The van der Waals surface area contributed by atoms with Crippen LogP contribution in [0.3, 0.4) is 0 Å². The molecule has 1 atom stereocenters. The minimum absolute atomic E-state index is 0.279. The molecule has 0 aliphatic carbocycles. The molecule has 0 aromatic heterocycles. The standard InChI is InChI=1S/C13H29N3O/c1-12(2,3)10-16(6)9-7-8-13(4,15-5)11(14)17/h15H,7-10H2,1-6H3,(H2,14,17). The van der Waals surface area contributed by atoms with Crippen LogP contribution in [0, 0.1) is 5.41 Å². The predicted molar refractivity (Wildman–Crippen MR) is 72.8 cm³/mol. The van der Waals surface area contributed by atoms with Crippen LogP contribution in [0.1, 0.15) is 40.5 Å². The summed E-state index contributed by atoms with van der Waals surface area (Å²) < 4.78 is 0. The van der Waals surface area contributed by atoms with Gasteiger partial charge in [-0.25, -0.2) is 0 Å². The smallest absolute Gasteiger partial charge is 0.237 e. The third kappa shape index (κ3) is 6.64. The van der Waals surface area contributed by atoms with E-state index in [9.17, 15) is 4.79 Å². The van der Waals surface area contributed by atoms with Crippen molar-refractivity contribution < 1.29 is 4.79 Å². The SMILES string of the molecule is CNC(C)(CCCN(C)CC(C)(C)C)C(N)=O. The van der Waals surface area contributed by atoms with Gasteiger partial charge in [0.2, 0.25) is 5.91 Å². The average Bonchev–Trinajstić information content (AvgIpc) is 2.14. The van der Waals surface area contributed by atoms with Gasteiger partial charge < -0.3 is 16.0 Å². The summed E-state index contributed by atoms with van der Waals surface area (Å²) in [6.07, 6.45) is 1.74. The maximum atomic E-state index is 11.3. The molecule has 0 rings (SSSR count). The second-order valence-electron chi connectivity index (χ2n) is 6.35. The highest BCUT2D eigenvalue weighted by Gasteiger charge is 2.28. The summed E-state index contributed by atoms with van der Waals surface area (Å²) in [4.78, 5) is 13.6. The van der Waals surface area contributed by atoms with E-state index in [4.69, 9.17) is 5.73 Å². The van der Waals surface area contributed by atoms with E-state index >= 15 is 0 Å². The number of likely N-dealkylation sites (N-methyl/N-ethyl adjacent to an activating group) is 1. The molecule has 1 amide bonds. The molecular weight excluding hydrogens is 214 g/mol. The van der Waals surface area contributed by atoms with Gasteiger partial charge in [-0.05, 0) is 45.8 Å². The Kier molecular flexibility index (Phi) is 6.13. The highest BCUT2D eigenvalue weighted by molar-refractivity contribution is 5.84. The van der Waals surface area contributed by atoms with Crippen LogP contribution in [0.25, 0.3) is 0 Å². The normalized spacial score (nSPS) is 15.9. The maximum Gasteiger partial charge on any atom is 0.237 e. The predicted octanol–water partition coefficient (Wildman–Crippen LogP) is 1.21. The van der Waals surface area contributed by atoms with E-state index in [-0.39, 0.29) is 5.91 Å². The Balaban J connectivity index is 4.02. The van der Waals surface area contributed by atoms with Crippen molar-refractivity contribution in [1.82, 2.24) is 10.2 Å². The molecule has 0 aliphatic rings. The van der Waals surface area contributed by atoms with Crippen molar-refractivity contribution in [2.24, 2.45) is 11.1 Å². The summed E-state index contributed by atoms with van der Waals surface area (Å²) in [6, 6.07) is 0. The Labute approximate surface area is 106 Å². The van der Waals surface area contributed by atoms with Crippen molar-refractivity contribution in [3.63, 3.8) is 0 Å². The van der Waals surface area contributed by atoms with E-state index < -0.39 is 5.54 Å². The quantitative estimate of drug-likeness (QED) is 0.706. The fraction of sp³-hybridized carbons (Fsp3) is 0.923. The van der Waals surface area contributed by atoms with Crippen molar-refractivity contribution in [3.8, 4) is 0 Å². The lowest BCUT2D eigenvalue weighted by molar-refractivity contribution is -0.123. The molecule has 3 N–H and O–H groups in total. The van der Waals surface area contributed by atoms with Crippen molar-refractivity contribution >= 4 is 5.91 Å². The Bertz CT molecular complexity index is 248. The minimum Gasteiger partial charge on any atom is -0.368 e. The highest BCUT2D eigenvalue weighted by atomic mass is 16.1. The average molecular weight is 243 g/mol. The topological polar surface area (TPSA) is 58.4 Å². The first-order chi connectivity index (χ1) is 7.60. The molecule has 0 aromatic rings. The van der Waals surface area contributed by atoms with E-state index in [0.29, 0.717) is 5.41 Å². The largest absolute Gasteiger partial charge is 0.368 e. The fourth-order valence-corrected chi connectivity index (χ4v) is 1.96. The third-order valence-corrected chi connectivity index (χ3v) is 3.06. The van der Waals surface area contributed by atoms with Crippen LogP contribution in [0.4, 0.5) is 0 Å². The summed E-state index contributed by atoms with van der Waals surface area (Å²) in [5.74, 6) is -0.279. The van der Waals surface area contributed by atoms with Gasteiger partial charge in [-0.1, -0.05) is 20.8 Å². The van der Waals surface area contributed by atoms with Crippen molar-refractivity contribution in [3.05, 3.63) is 0 Å². The van der Waals surface area contributed by atoms with E-state index in [0.717, 1.165) is 25.9 Å². The van der Waals surface area contributed by atoms with Gasteiger partial charge in [-0.2, -0.15) is 0 Å². The zero-order valence-electron chi connectivity index (χ0n) is 12.3.